The van der Waals surface area contributed by atoms with Crippen molar-refractivity contribution in [3.8, 4) is 0 Å². The van der Waals surface area contributed by atoms with E-state index in [1.807, 2.05) is 0 Å². The van der Waals surface area contributed by atoms with Crippen molar-refractivity contribution in [2.24, 2.45) is 5.73 Å². The summed E-state index contributed by atoms with van der Waals surface area (Å²) >= 11 is 0. The van der Waals surface area contributed by atoms with E-state index in [9.17, 15) is 8.78 Å². The first-order chi connectivity index (χ1) is 8.65. The molecule has 5 nitrogen and oxygen atoms in total. The molecule has 1 aromatic heterocycles. The quantitative estimate of drug-likeness (QED) is 0.785. The van der Waals surface area contributed by atoms with Gasteiger partial charge in [0, 0.05) is 18.4 Å². The third-order valence-corrected chi connectivity index (χ3v) is 3.02. The molecule has 102 valence electrons. The highest BCUT2D eigenvalue weighted by molar-refractivity contribution is 4.99. The number of ether oxygens (including phenoxy) is 1. The third kappa shape index (κ3) is 3.71. The molecule has 18 heavy (non-hydrogen) atoms. The first kappa shape index (κ1) is 13.4. The zero-order valence-corrected chi connectivity index (χ0v) is 10.0. The van der Waals surface area contributed by atoms with E-state index in [1.165, 1.54) is 0 Å². The van der Waals surface area contributed by atoms with E-state index in [2.05, 4.69) is 10.1 Å². The highest BCUT2D eigenvalue weighted by Crippen LogP contribution is 2.32. The number of rotatable bonds is 6. The van der Waals surface area contributed by atoms with Gasteiger partial charge in [-0.15, -0.1) is 0 Å². The molecule has 0 aliphatic heterocycles. The summed E-state index contributed by atoms with van der Waals surface area (Å²) in [4.78, 5) is 4.24. The molecule has 2 atom stereocenters. The molecule has 0 radical (unpaired) electrons. The highest BCUT2D eigenvalue weighted by Gasteiger charge is 2.27. The summed E-state index contributed by atoms with van der Waals surface area (Å²) in [7, 11) is 0. The van der Waals surface area contributed by atoms with E-state index in [4.69, 9.17) is 15.0 Å². The molecule has 0 aromatic carbocycles. The molecule has 0 saturated heterocycles. The van der Waals surface area contributed by atoms with Crippen LogP contribution in [0.1, 0.15) is 36.9 Å². The van der Waals surface area contributed by atoms with Gasteiger partial charge in [0.1, 0.15) is 6.61 Å². The van der Waals surface area contributed by atoms with E-state index in [0.29, 0.717) is 18.1 Å². The number of nitrogens with two attached hydrogens (primary N) is 1. The molecule has 1 heterocycles. The van der Waals surface area contributed by atoms with Crippen molar-refractivity contribution in [3.05, 3.63) is 11.7 Å². The highest BCUT2D eigenvalue weighted by atomic mass is 19.3. The molecule has 7 heteroatoms. The molecule has 1 aliphatic rings. The summed E-state index contributed by atoms with van der Waals surface area (Å²) in [5.41, 5.74) is 5.81. The molecule has 2 unspecified atom stereocenters. The first-order valence-electron chi connectivity index (χ1n) is 6.09. The Morgan fingerprint density at radius 2 is 2.28 bits per heavy atom. The Kier molecular flexibility index (Phi) is 4.60. The van der Waals surface area contributed by atoms with Crippen LogP contribution in [0.15, 0.2) is 4.52 Å². The van der Waals surface area contributed by atoms with Crippen LogP contribution in [0.2, 0.25) is 0 Å². The topological polar surface area (TPSA) is 74.2 Å². The van der Waals surface area contributed by atoms with Gasteiger partial charge in [0.25, 0.3) is 6.43 Å². The van der Waals surface area contributed by atoms with Gasteiger partial charge in [-0.1, -0.05) is 5.16 Å². The van der Waals surface area contributed by atoms with Gasteiger partial charge >= 0.3 is 0 Å². The largest absolute Gasteiger partial charge is 0.375 e. The number of aromatic nitrogens is 2. The fourth-order valence-corrected chi connectivity index (χ4v) is 2.11. The normalized spacial score (nSPS) is 24.0. The molecule has 1 saturated carbocycles. The van der Waals surface area contributed by atoms with Crippen LogP contribution in [0, 0.1) is 0 Å². The molecule has 1 aromatic rings. The summed E-state index contributed by atoms with van der Waals surface area (Å²) < 4.78 is 33.6. The minimum atomic E-state index is -2.44. The lowest BCUT2D eigenvalue weighted by molar-refractivity contribution is 0.0182. The van der Waals surface area contributed by atoms with Gasteiger partial charge in [-0.25, -0.2) is 8.78 Å². The predicted octanol–water partition coefficient (Wildman–Crippen LogP) is 1.49. The molecule has 1 fully saturated rings. The van der Waals surface area contributed by atoms with Crippen LogP contribution in [-0.2, 0) is 11.2 Å². The average Bonchev–Trinajstić information content (AvgIpc) is 2.93. The second-order valence-electron chi connectivity index (χ2n) is 4.53. The standard InChI is InChI=1S/C11H17F2N3O2/c12-9(13)6-17-4-3-10-15-11(18-16-10)7-1-2-8(14)5-7/h7-9H,1-6,14H2. The van der Waals surface area contributed by atoms with Crippen molar-refractivity contribution in [1.82, 2.24) is 10.1 Å². The van der Waals surface area contributed by atoms with Crippen LogP contribution >= 0.6 is 0 Å². The number of alkyl halides is 2. The Bertz CT molecular complexity index is 373. The molecule has 1 aliphatic carbocycles. The summed E-state index contributed by atoms with van der Waals surface area (Å²) in [5, 5.41) is 3.81. The predicted molar refractivity (Wildman–Crippen MR) is 59.4 cm³/mol. The van der Waals surface area contributed by atoms with Crippen LogP contribution in [0.25, 0.3) is 0 Å². The maximum atomic E-state index is 11.8. The lowest BCUT2D eigenvalue weighted by atomic mass is 10.1. The minimum Gasteiger partial charge on any atom is -0.375 e. The van der Waals surface area contributed by atoms with Crippen molar-refractivity contribution in [2.45, 2.75) is 44.1 Å². The molecule has 2 N–H and O–H groups in total. The minimum absolute atomic E-state index is 0.174. The van der Waals surface area contributed by atoms with E-state index in [0.717, 1.165) is 19.3 Å². The number of hydrogen-bond acceptors (Lipinski definition) is 5. The molecule has 2 rings (SSSR count). The van der Waals surface area contributed by atoms with E-state index < -0.39 is 13.0 Å². The third-order valence-electron chi connectivity index (χ3n) is 3.02. The molecule has 0 amide bonds. The van der Waals surface area contributed by atoms with Gasteiger partial charge < -0.3 is 15.0 Å². The number of halogens is 2. The lowest BCUT2D eigenvalue weighted by Gasteiger charge is -2.01. The zero-order valence-electron chi connectivity index (χ0n) is 10.0. The van der Waals surface area contributed by atoms with E-state index in [1.54, 1.807) is 0 Å². The summed E-state index contributed by atoms with van der Waals surface area (Å²) in [6.07, 6.45) is 0.745. The Hall–Kier alpha value is -1.08. The van der Waals surface area contributed by atoms with Gasteiger partial charge in [0.05, 0.1) is 6.61 Å². The van der Waals surface area contributed by atoms with Crippen LogP contribution in [-0.4, -0.2) is 35.8 Å². The Labute approximate surface area is 104 Å². The van der Waals surface area contributed by atoms with Gasteiger partial charge in [0.15, 0.2) is 5.82 Å². The smallest absolute Gasteiger partial charge is 0.261 e. The van der Waals surface area contributed by atoms with E-state index in [-0.39, 0.29) is 18.6 Å². The Balaban J connectivity index is 1.76. The average molecular weight is 261 g/mol. The zero-order chi connectivity index (χ0) is 13.0. The summed E-state index contributed by atoms with van der Waals surface area (Å²) in [6.45, 7) is -0.379. The maximum absolute atomic E-state index is 11.8. The maximum Gasteiger partial charge on any atom is 0.261 e. The van der Waals surface area contributed by atoms with E-state index >= 15 is 0 Å². The van der Waals surface area contributed by atoms with Crippen LogP contribution in [0.5, 0.6) is 0 Å². The fraction of sp³-hybridized carbons (Fsp3) is 0.818. The summed E-state index contributed by atoms with van der Waals surface area (Å²) in [6, 6.07) is 0.208. The van der Waals surface area contributed by atoms with Gasteiger partial charge in [0.2, 0.25) is 5.89 Å². The van der Waals surface area contributed by atoms with Crippen LogP contribution in [0.4, 0.5) is 8.78 Å². The van der Waals surface area contributed by atoms with Crippen LogP contribution in [0.3, 0.4) is 0 Å². The Morgan fingerprint density at radius 3 is 2.94 bits per heavy atom. The van der Waals surface area contributed by atoms with Crippen LogP contribution < -0.4 is 5.73 Å². The number of nitrogens with zero attached hydrogens (tertiary/aromatic N) is 2. The second-order valence-corrected chi connectivity index (χ2v) is 4.53. The van der Waals surface area contributed by atoms with Crippen molar-refractivity contribution in [1.29, 1.82) is 0 Å². The molecular formula is C11H17F2N3O2. The monoisotopic (exact) mass is 261 g/mol. The van der Waals surface area contributed by atoms with Crippen molar-refractivity contribution in [3.63, 3.8) is 0 Å². The van der Waals surface area contributed by atoms with Gasteiger partial charge in [-0.3, -0.25) is 0 Å². The van der Waals surface area contributed by atoms with Gasteiger partial charge in [-0.2, -0.15) is 4.98 Å². The lowest BCUT2D eigenvalue weighted by Crippen LogP contribution is -2.14. The van der Waals surface area contributed by atoms with Crippen molar-refractivity contribution >= 4 is 0 Å². The Morgan fingerprint density at radius 1 is 1.44 bits per heavy atom. The molecule has 0 spiro atoms. The fourth-order valence-electron chi connectivity index (χ4n) is 2.11. The molecule has 0 bridgehead atoms. The van der Waals surface area contributed by atoms with Gasteiger partial charge in [-0.05, 0) is 19.3 Å². The molecular weight excluding hydrogens is 244 g/mol. The van der Waals surface area contributed by atoms with Crippen molar-refractivity contribution in [2.75, 3.05) is 13.2 Å². The SMILES string of the molecule is NC1CCC(c2nc(CCOCC(F)F)no2)C1. The van der Waals surface area contributed by atoms with Crippen molar-refractivity contribution < 1.29 is 18.0 Å². The number of hydrogen-bond donors (Lipinski definition) is 1. The summed E-state index contributed by atoms with van der Waals surface area (Å²) in [5.74, 6) is 1.34. The second kappa shape index (κ2) is 6.19. The first-order valence-corrected chi connectivity index (χ1v) is 6.09.